The van der Waals surface area contributed by atoms with Gasteiger partial charge in [0.05, 0.1) is 0 Å². The molecule has 0 amide bonds. The zero-order valence-electron chi connectivity index (χ0n) is 15.1. The molecule has 0 aromatic heterocycles. The van der Waals surface area contributed by atoms with Crippen LogP contribution in [0.3, 0.4) is 0 Å². The molecule has 2 rings (SSSR count). The molecule has 2 aromatic carbocycles. The van der Waals surface area contributed by atoms with Crippen LogP contribution < -0.4 is 0 Å². The Kier molecular flexibility index (Phi) is 6.50. The topological polar surface area (TPSA) is 52.6 Å². The fraction of sp³-hybridized carbons (Fsp3) is 0.182. The maximum atomic E-state index is 11.7. The molecule has 0 fully saturated rings. The molecule has 4 heteroatoms. The quantitative estimate of drug-likeness (QED) is 0.541. The number of benzene rings is 2. The minimum atomic E-state index is -0.427. The first-order valence-electron chi connectivity index (χ1n) is 8.21. The van der Waals surface area contributed by atoms with Gasteiger partial charge in [0.2, 0.25) is 0 Å². The molecule has 0 saturated carbocycles. The van der Waals surface area contributed by atoms with E-state index in [1.807, 2.05) is 48.5 Å². The summed E-state index contributed by atoms with van der Waals surface area (Å²) in [6, 6.07) is 15.3. The molecule has 0 N–H and O–H groups in total. The zero-order valence-corrected chi connectivity index (χ0v) is 15.1. The number of esters is 2. The summed E-state index contributed by atoms with van der Waals surface area (Å²) in [5, 5.41) is 0. The monoisotopic (exact) mass is 350 g/mol. The third-order valence-electron chi connectivity index (χ3n) is 3.74. The van der Waals surface area contributed by atoms with Gasteiger partial charge >= 0.3 is 11.9 Å². The van der Waals surface area contributed by atoms with Crippen molar-refractivity contribution in [3.63, 3.8) is 0 Å². The van der Waals surface area contributed by atoms with Crippen molar-refractivity contribution < 1.29 is 19.1 Å². The van der Waals surface area contributed by atoms with E-state index in [9.17, 15) is 9.59 Å². The molecule has 0 spiro atoms. The Labute approximate surface area is 153 Å². The van der Waals surface area contributed by atoms with Gasteiger partial charge in [-0.2, -0.15) is 0 Å². The van der Waals surface area contributed by atoms with Gasteiger partial charge in [0.15, 0.2) is 0 Å². The van der Waals surface area contributed by atoms with E-state index >= 15 is 0 Å². The number of carbonyl (C=O) groups is 2. The van der Waals surface area contributed by atoms with Crippen molar-refractivity contribution in [2.24, 2.45) is 0 Å². The van der Waals surface area contributed by atoms with Crippen molar-refractivity contribution in [2.45, 2.75) is 27.1 Å². The van der Waals surface area contributed by atoms with E-state index < -0.39 is 11.9 Å². The molecule has 0 aliphatic rings. The number of hydrogen-bond donors (Lipinski definition) is 0. The van der Waals surface area contributed by atoms with Gasteiger partial charge in [-0.1, -0.05) is 61.7 Å². The summed E-state index contributed by atoms with van der Waals surface area (Å²) in [5.74, 6) is -0.855. The SMILES string of the molecule is C=C(C)C(=O)OCc1ccccc1-c1ccccc1COC(=O)C(=C)C. The molecule has 0 heterocycles. The molecule has 2 aromatic rings. The van der Waals surface area contributed by atoms with E-state index in [1.165, 1.54) is 0 Å². The van der Waals surface area contributed by atoms with Crippen molar-refractivity contribution in [1.82, 2.24) is 0 Å². The minimum Gasteiger partial charge on any atom is -0.457 e. The molecule has 0 radical (unpaired) electrons. The van der Waals surface area contributed by atoms with E-state index in [1.54, 1.807) is 13.8 Å². The Morgan fingerprint density at radius 1 is 0.731 bits per heavy atom. The Morgan fingerprint density at radius 3 is 1.42 bits per heavy atom. The van der Waals surface area contributed by atoms with Crippen LogP contribution in [0, 0.1) is 0 Å². The summed E-state index contributed by atoms with van der Waals surface area (Å²) in [4.78, 5) is 23.4. The van der Waals surface area contributed by atoms with Gasteiger partial charge in [-0.3, -0.25) is 0 Å². The Bertz CT molecular complexity index is 777. The molecule has 0 aliphatic carbocycles. The van der Waals surface area contributed by atoms with Gasteiger partial charge in [0, 0.05) is 11.1 Å². The number of ether oxygens (including phenoxy) is 2. The van der Waals surface area contributed by atoms with E-state index in [0.29, 0.717) is 11.1 Å². The second-order valence-corrected chi connectivity index (χ2v) is 6.03. The van der Waals surface area contributed by atoms with Crippen molar-refractivity contribution in [1.29, 1.82) is 0 Å². The fourth-order valence-corrected chi connectivity index (χ4v) is 2.35. The summed E-state index contributed by atoms with van der Waals surface area (Å²) in [6.45, 7) is 10.7. The van der Waals surface area contributed by atoms with Crippen LogP contribution in [0.4, 0.5) is 0 Å². The highest BCUT2D eigenvalue weighted by atomic mass is 16.5. The van der Waals surface area contributed by atoms with Crippen LogP contribution in [0.15, 0.2) is 72.8 Å². The molecule has 0 atom stereocenters. The van der Waals surface area contributed by atoms with Crippen LogP contribution in [-0.4, -0.2) is 11.9 Å². The lowest BCUT2D eigenvalue weighted by Gasteiger charge is -2.14. The molecule has 134 valence electrons. The molecule has 0 unspecified atom stereocenters. The number of hydrogen-bond acceptors (Lipinski definition) is 4. The lowest BCUT2D eigenvalue weighted by Crippen LogP contribution is -2.07. The van der Waals surface area contributed by atoms with E-state index in [0.717, 1.165) is 22.3 Å². The van der Waals surface area contributed by atoms with Crippen LogP contribution in [0.25, 0.3) is 11.1 Å². The second-order valence-electron chi connectivity index (χ2n) is 6.03. The highest BCUT2D eigenvalue weighted by molar-refractivity contribution is 5.87. The largest absolute Gasteiger partial charge is 0.457 e. The minimum absolute atomic E-state index is 0.141. The molecular weight excluding hydrogens is 328 g/mol. The predicted molar refractivity (Wildman–Crippen MR) is 101 cm³/mol. The number of rotatable bonds is 7. The first kappa shape index (κ1) is 19.2. The maximum Gasteiger partial charge on any atom is 0.333 e. The Hall–Kier alpha value is -3.14. The zero-order chi connectivity index (χ0) is 19.1. The summed E-state index contributed by atoms with van der Waals surface area (Å²) in [7, 11) is 0. The van der Waals surface area contributed by atoms with E-state index in [2.05, 4.69) is 13.2 Å². The summed E-state index contributed by atoms with van der Waals surface area (Å²) < 4.78 is 10.6. The third-order valence-corrected chi connectivity index (χ3v) is 3.74. The van der Waals surface area contributed by atoms with E-state index in [-0.39, 0.29) is 13.2 Å². The van der Waals surface area contributed by atoms with Gasteiger partial charge in [0.25, 0.3) is 0 Å². The molecule has 4 nitrogen and oxygen atoms in total. The van der Waals surface area contributed by atoms with Crippen LogP contribution in [0.1, 0.15) is 25.0 Å². The van der Waals surface area contributed by atoms with Gasteiger partial charge in [-0.25, -0.2) is 9.59 Å². The van der Waals surface area contributed by atoms with E-state index in [4.69, 9.17) is 9.47 Å². The lowest BCUT2D eigenvalue weighted by atomic mass is 9.96. The molecular formula is C22H22O4. The maximum absolute atomic E-state index is 11.7. The highest BCUT2D eigenvalue weighted by Gasteiger charge is 2.13. The Balaban J connectivity index is 2.28. The highest BCUT2D eigenvalue weighted by Crippen LogP contribution is 2.28. The smallest absolute Gasteiger partial charge is 0.333 e. The first-order valence-corrected chi connectivity index (χ1v) is 8.21. The third kappa shape index (κ3) is 4.93. The summed E-state index contributed by atoms with van der Waals surface area (Å²) in [6.07, 6.45) is 0. The molecule has 26 heavy (non-hydrogen) atoms. The first-order chi connectivity index (χ1) is 12.4. The predicted octanol–water partition coefficient (Wildman–Crippen LogP) is 4.59. The normalized spacial score (nSPS) is 10.1. The van der Waals surface area contributed by atoms with Crippen molar-refractivity contribution in [3.05, 3.63) is 84.0 Å². The van der Waals surface area contributed by atoms with Gasteiger partial charge < -0.3 is 9.47 Å². The van der Waals surface area contributed by atoms with Gasteiger partial charge in [0.1, 0.15) is 13.2 Å². The van der Waals surface area contributed by atoms with Crippen LogP contribution in [0.5, 0.6) is 0 Å². The summed E-state index contributed by atoms with van der Waals surface area (Å²) >= 11 is 0. The van der Waals surface area contributed by atoms with Crippen molar-refractivity contribution in [3.8, 4) is 11.1 Å². The van der Waals surface area contributed by atoms with Crippen molar-refractivity contribution >= 4 is 11.9 Å². The number of carbonyl (C=O) groups excluding carboxylic acids is 2. The van der Waals surface area contributed by atoms with Crippen LogP contribution in [0.2, 0.25) is 0 Å². The van der Waals surface area contributed by atoms with Gasteiger partial charge in [-0.05, 0) is 36.1 Å². The van der Waals surface area contributed by atoms with Crippen molar-refractivity contribution in [2.75, 3.05) is 0 Å². The second kappa shape index (κ2) is 8.81. The summed E-state index contributed by atoms with van der Waals surface area (Å²) in [5.41, 5.74) is 4.28. The van der Waals surface area contributed by atoms with Crippen LogP contribution >= 0.6 is 0 Å². The van der Waals surface area contributed by atoms with Gasteiger partial charge in [-0.15, -0.1) is 0 Å². The molecule has 0 bridgehead atoms. The average Bonchev–Trinajstić information content (AvgIpc) is 2.64. The fourth-order valence-electron chi connectivity index (χ4n) is 2.35. The standard InChI is InChI=1S/C22H22O4/c1-15(2)21(23)25-13-17-9-5-7-11-19(17)20-12-8-6-10-18(20)14-26-22(24)16(3)4/h5-12H,1,3,13-14H2,2,4H3. The average molecular weight is 350 g/mol. The Morgan fingerprint density at radius 2 is 1.08 bits per heavy atom. The molecule has 0 aliphatic heterocycles. The molecule has 0 saturated heterocycles. The van der Waals surface area contributed by atoms with Crippen LogP contribution in [-0.2, 0) is 32.3 Å². The lowest BCUT2D eigenvalue weighted by molar-refractivity contribution is -0.141.